The Labute approximate surface area is 255 Å². The van der Waals surface area contributed by atoms with Crippen molar-refractivity contribution in [2.24, 2.45) is 0 Å². The number of aromatic nitrogens is 2. The average molecular weight is 601 g/mol. The molecule has 0 aliphatic carbocycles. The number of alkyl halides is 1. The Hall–Kier alpha value is -3.71. The summed E-state index contributed by atoms with van der Waals surface area (Å²) < 4.78 is 26.8. The Morgan fingerprint density at radius 1 is 1.16 bits per heavy atom. The lowest BCUT2D eigenvalue weighted by atomic mass is 9.89. The molecule has 222 valence electrons. The van der Waals surface area contributed by atoms with Crippen molar-refractivity contribution in [1.29, 1.82) is 5.26 Å². The van der Waals surface area contributed by atoms with E-state index in [1.54, 1.807) is 0 Å². The topological polar surface area (TPSA) is 86.5 Å². The second-order valence-corrected chi connectivity index (χ2v) is 12.2. The van der Waals surface area contributed by atoms with Crippen molar-refractivity contribution < 1.29 is 13.9 Å². The molecule has 0 spiro atoms. The van der Waals surface area contributed by atoms with Gasteiger partial charge in [0.05, 0.1) is 30.0 Å². The number of anilines is 1. The van der Waals surface area contributed by atoms with Gasteiger partial charge in [-0.15, -0.1) is 0 Å². The fourth-order valence-corrected chi connectivity index (χ4v) is 7.07. The first-order chi connectivity index (χ1) is 21.0. The fourth-order valence-electron chi connectivity index (χ4n) is 6.79. The second-order valence-electron chi connectivity index (χ2n) is 11.7. The molecule has 8 nitrogen and oxygen atoms in total. The van der Waals surface area contributed by atoms with Crippen molar-refractivity contribution in [3.8, 4) is 29.0 Å². The Morgan fingerprint density at radius 2 is 2.02 bits per heavy atom. The van der Waals surface area contributed by atoms with Gasteiger partial charge in [-0.1, -0.05) is 41.9 Å². The molecule has 3 atom stereocenters. The predicted octanol–water partition coefficient (Wildman–Crippen LogP) is 5.54. The van der Waals surface area contributed by atoms with Crippen LogP contribution in [0.4, 0.5) is 10.2 Å². The Kier molecular flexibility index (Phi) is 7.68. The van der Waals surface area contributed by atoms with Gasteiger partial charge in [0.2, 0.25) is 0 Å². The van der Waals surface area contributed by atoms with Gasteiger partial charge < -0.3 is 19.7 Å². The molecule has 1 N–H and O–H groups in total. The van der Waals surface area contributed by atoms with Gasteiger partial charge in [-0.05, 0) is 55.0 Å². The molecule has 0 amide bonds. The first-order valence-electron chi connectivity index (χ1n) is 15.0. The zero-order chi connectivity index (χ0) is 29.5. The van der Waals surface area contributed by atoms with Gasteiger partial charge in [0, 0.05) is 54.2 Å². The Morgan fingerprint density at radius 3 is 2.84 bits per heavy atom. The van der Waals surface area contributed by atoms with Crippen molar-refractivity contribution in [3.05, 3.63) is 53.1 Å². The first-order valence-corrected chi connectivity index (χ1v) is 15.4. The summed E-state index contributed by atoms with van der Waals surface area (Å²) in [4.78, 5) is 14.1. The number of ether oxygens (including phenoxy) is 2. The van der Waals surface area contributed by atoms with Crippen LogP contribution < -0.4 is 19.7 Å². The number of likely N-dealkylation sites (tertiary alicyclic amines) is 1. The summed E-state index contributed by atoms with van der Waals surface area (Å²) in [6.45, 7) is 3.39. The molecular weight excluding hydrogens is 567 g/mol. The number of nitrogens with one attached hydrogen (secondary N) is 1. The number of hydrogen-bond acceptors (Lipinski definition) is 8. The minimum absolute atomic E-state index is 0.0237. The third-order valence-electron chi connectivity index (χ3n) is 8.90. The van der Waals surface area contributed by atoms with Crippen LogP contribution in [0.5, 0.6) is 11.8 Å². The van der Waals surface area contributed by atoms with Gasteiger partial charge in [0.25, 0.3) is 0 Å². The van der Waals surface area contributed by atoms with Crippen LogP contribution in [-0.2, 0) is 6.42 Å². The number of nitrogens with zero attached hydrogens (tertiary/aromatic N) is 5. The van der Waals surface area contributed by atoms with Crippen LogP contribution in [0, 0.1) is 11.3 Å². The molecule has 4 aromatic rings. The summed E-state index contributed by atoms with van der Waals surface area (Å²) in [5.41, 5.74) is 3.91. The van der Waals surface area contributed by atoms with Crippen LogP contribution in [0.25, 0.3) is 32.8 Å². The maximum Gasteiger partial charge on any atom is 0.319 e. The maximum absolute atomic E-state index is 14.1. The minimum atomic E-state index is -0.858. The number of benzene rings is 3. The number of nitriles is 1. The number of halogens is 2. The van der Waals surface area contributed by atoms with E-state index in [1.807, 2.05) is 24.1 Å². The van der Waals surface area contributed by atoms with Crippen LogP contribution in [0.15, 0.2) is 42.5 Å². The first kappa shape index (κ1) is 28.1. The summed E-state index contributed by atoms with van der Waals surface area (Å²) in [6.07, 6.45) is 1.74. The zero-order valence-corrected chi connectivity index (χ0v) is 24.9. The van der Waals surface area contributed by atoms with Gasteiger partial charge in [0.1, 0.15) is 24.3 Å². The molecule has 7 rings (SSSR count). The van der Waals surface area contributed by atoms with Crippen molar-refractivity contribution in [2.75, 3.05) is 51.3 Å². The number of hydrogen-bond donors (Lipinski definition) is 1. The molecule has 1 unspecified atom stereocenters. The van der Waals surface area contributed by atoms with Crippen molar-refractivity contribution in [1.82, 2.24) is 20.2 Å². The third-order valence-corrected chi connectivity index (χ3v) is 9.22. The highest BCUT2D eigenvalue weighted by atomic mass is 35.5. The molecule has 43 heavy (non-hydrogen) atoms. The SMILES string of the molecule is CN1C[C@H](F)C[C@H]1COc1nc(N2CCNC(CC#N)C2)c2c3c(c(-c4cccc5cccc(Cl)c45)cc2n1)CCCO3. The van der Waals surface area contributed by atoms with E-state index >= 15 is 0 Å². The molecule has 2 saturated heterocycles. The summed E-state index contributed by atoms with van der Waals surface area (Å²) >= 11 is 6.79. The van der Waals surface area contributed by atoms with Gasteiger partial charge in [-0.3, -0.25) is 4.90 Å². The minimum Gasteiger partial charge on any atom is -0.492 e. The maximum atomic E-state index is 14.1. The normalized spacial score (nSPS) is 22.4. The van der Waals surface area contributed by atoms with E-state index in [2.05, 4.69) is 46.6 Å². The van der Waals surface area contributed by atoms with Gasteiger partial charge in [-0.2, -0.15) is 15.2 Å². The third kappa shape index (κ3) is 5.33. The van der Waals surface area contributed by atoms with Gasteiger partial charge >= 0.3 is 6.01 Å². The van der Waals surface area contributed by atoms with Crippen LogP contribution in [0.1, 0.15) is 24.8 Å². The summed E-state index contributed by atoms with van der Waals surface area (Å²) in [5.74, 6) is 1.55. The highest BCUT2D eigenvalue weighted by molar-refractivity contribution is 6.36. The van der Waals surface area contributed by atoms with E-state index in [1.165, 1.54) is 0 Å². The molecule has 0 radical (unpaired) electrons. The molecule has 3 aromatic carbocycles. The molecular formula is C33H34ClFN6O2. The molecule has 3 aliphatic heterocycles. The van der Waals surface area contributed by atoms with E-state index in [4.69, 9.17) is 31.0 Å². The lowest BCUT2D eigenvalue weighted by Gasteiger charge is -2.35. The van der Waals surface area contributed by atoms with Gasteiger partial charge in [0.15, 0.2) is 0 Å². The number of rotatable bonds is 6. The Bertz CT molecular complexity index is 1720. The van der Waals surface area contributed by atoms with Gasteiger partial charge in [-0.25, -0.2) is 4.39 Å². The number of piperazine rings is 1. The fraction of sp³-hybridized carbons (Fsp3) is 0.424. The molecule has 3 aliphatic rings. The van der Waals surface area contributed by atoms with Crippen LogP contribution in [0.2, 0.25) is 5.02 Å². The van der Waals surface area contributed by atoms with Crippen molar-refractivity contribution >= 4 is 39.1 Å². The van der Waals surface area contributed by atoms with E-state index in [-0.39, 0.29) is 18.1 Å². The molecule has 2 fully saturated rings. The van der Waals surface area contributed by atoms with E-state index in [0.29, 0.717) is 44.2 Å². The van der Waals surface area contributed by atoms with E-state index in [9.17, 15) is 9.65 Å². The van der Waals surface area contributed by atoms with E-state index in [0.717, 1.165) is 75.9 Å². The van der Waals surface area contributed by atoms with Crippen LogP contribution >= 0.6 is 11.6 Å². The standard InChI is InChI=1S/C33H34ClFN6O2/c1-40-17-21(35)15-23(40)19-43-33-38-28-16-26(24-7-2-5-20-6-3-9-27(34)29(20)24)25-8-4-14-42-31(25)30(28)32(39-33)41-13-12-37-22(18-41)10-11-36/h2-3,5-7,9,16,21-23,37H,4,8,10,12-15,17-19H2,1H3/t21-,22?,23+/m1/s1. The van der Waals surface area contributed by atoms with Crippen LogP contribution in [-0.4, -0.2) is 79.6 Å². The quantitative estimate of drug-likeness (QED) is 0.309. The predicted molar refractivity (Wildman–Crippen MR) is 167 cm³/mol. The summed E-state index contributed by atoms with van der Waals surface area (Å²) in [7, 11) is 1.92. The second kappa shape index (κ2) is 11.8. The molecule has 4 heterocycles. The van der Waals surface area contributed by atoms with Crippen molar-refractivity contribution in [2.45, 2.75) is 43.9 Å². The number of fused-ring (bicyclic) bond motifs is 4. The molecule has 0 saturated carbocycles. The highest BCUT2D eigenvalue weighted by Gasteiger charge is 2.32. The molecule has 10 heteroatoms. The monoisotopic (exact) mass is 600 g/mol. The average Bonchev–Trinajstić information content (AvgIpc) is 3.35. The van der Waals surface area contributed by atoms with Crippen molar-refractivity contribution in [3.63, 3.8) is 0 Å². The molecule has 1 aromatic heterocycles. The lowest BCUT2D eigenvalue weighted by molar-refractivity contribution is 0.188. The largest absolute Gasteiger partial charge is 0.492 e. The van der Waals surface area contributed by atoms with Crippen LogP contribution in [0.3, 0.4) is 0 Å². The Balaban J connectivity index is 1.40. The lowest BCUT2D eigenvalue weighted by Crippen LogP contribution is -2.51. The van der Waals surface area contributed by atoms with E-state index < -0.39 is 6.17 Å². The number of likely N-dealkylation sites (N-methyl/N-ethyl adjacent to an activating group) is 1. The molecule has 0 bridgehead atoms. The zero-order valence-electron chi connectivity index (χ0n) is 24.2. The highest BCUT2D eigenvalue weighted by Crippen LogP contribution is 2.46. The summed E-state index contributed by atoms with van der Waals surface area (Å²) in [5, 5.41) is 16.4. The summed E-state index contributed by atoms with van der Waals surface area (Å²) in [6, 6.07) is 16.9. The smallest absolute Gasteiger partial charge is 0.319 e.